The van der Waals surface area contributed by atoms with Crippen molar-refractivity contribution in [1.82, 2.24) is 5.32 Å². The quantitative estimate of drug-likeness (QED) is 0.594. The fourth-order valence-corrected chi connectivity index (χ4v) is 2.82. The topological polar surface area (TPSA) is 72.2 Å². The van der Waals surface area contributed by atoms with Crippen LogP contribution in [-0.4, -0.2) is 21.9 Å². The van der Waals surface area contributed by atoms with Gasteiger partial charge in [0.05, 0.1) is 10.8 Å². The predicted molar refractivity (Wildman–Crippen MR) is 79.3 cm³/mol. The zero-order chi connectivity index (χ0) is 14.3. The van der Waals surface area contributed by atoms with Crippen LogP contribution in [0.2, 0.25) is 0 Å². The molecule has 0 aliphatic carbocycles. The molecule has 0 saturated heterocycles. The molecule has 0 aliphatic heterocycles. The highest BCUT2D eigenvalue weighted by Gasteiger charge is 2.20. The van der Waals surface area contributed by atoms with Crippen molar-refractivity contribution in [3.05, 3.63) is 24.3 Å². The Bertz CT molecular complexity index is 449. The van der Waals surface area contributed by atoms with Crippen molar-refractivity contribution in [2.75, 3.05) is 12.3 Å². The monoisotopic (exact) mass is 282 g/mol. The minimum Gasteiger partial charge on any atom is -0.399 e. The van der Waals surface area contributed by atoms with E-state index in [9.17, 15) is 9.00 Å². The van der Waals surface area contributed by atoms with Gasteiger partial charge in [0.25, 0.3) is 0 Å². The first-order valence-corrected chi connectivity index (χ1v) is 7.81. The van der Waals surface area contributed by atoms with Gasteiger partial charge >= 0.3 is 0 Å². The molecule has 0 heterocycles. The third-order valence-corrected chi connectivity index (χ3v) is 4.44. The number of anilines is 1. The maximum absolute atomic E-state index is 12.2. The van der Waals surface area contributed by atoms with Crippen molar-refractivity contribution in [3.63, 3.8) is 0 Å². The third kappa shape index (κ3) is 5.03. The number of unbranched alkanes of at least 4 members (excludes halogenated alkanes) is 2. The van der Waals surface area contributed by atoms with E-state index < -0.39 is 16.0 Å². The second kappa shape index (κ2) is 7.94. The van der Waals surface area contributed by atoms with Crippen molar-refractivity contribution in [1.29, 1.82) is 0 Å². The molecule has 3 N–H and O–H groups in total. The Morgan fingerprint density at radius 3 is 2.79 bits per heavy atom. The lowest BCUT2D eigenvalue weighted by Gasteiger charge is -2.12. The molecule has 0 fully saturated rings. The maximum Gasteiger partial charge on any atom is 0.235 e. The second-order valence-electron chi connectivity index (χ2n) is 4.51. The van der Waals surface area contributed by atoms with E-state index in [-0.39, 0.29) is 5.91 Å². The smallest absolute Gasteiger partial charge is 0.235 e. The van der Waals surface area contributed by atoms with Crippen LogP contribution in [0.15, 0.2) is 29.2 Å². The Hall–Kier alpha value is -1.36. The highest BCUT2D eigenvalue weighted by Crippen LogP contribution is 2.14. The minimum atomic E-state index is -1.37. The predicted octanol–water partition coefficient (Wildman–Crippen LogP) is 2.07. The molecule has 0 radical (unpaired) electrons. The molecule has 1 rings (SSSR count). The Kier molecular flexibility index (Phi) is 6.56. The summed E-state index contributed by atoms with van der Waals surface area (Å²) in [7, 11) is -1.37. The van der Waals surface area contributed by atoms with E-state index >= 15 is 0 Å². The second-order valence-corrected chi connectivity index (χ2v) is 6.28. The molecule has 2 unspecified atom stereocenters. The lowest BCUT2D eigenvalue weighted by molar-refractivity contribution is -0.120. The number of nitrogen functional groups attached to an aromatic ring is 1. The first-order valence-electron chi connectivity index (χ1n) is 6.60. The molecule has 0 spiro atoms. The maximum atomic E-state index is 12.2. The van der Waals surface area contributed by atoms with Crippen molar-refractivity contribution in [2.24, 2.45) is 0 Å². The fraction of sp³-hybridized carbons (Fsp3) is 0.500. The molecule has 2 atom stereocenters. The van der Waals surface area contributed by atoms with E-state index in [0.717, 1.165) is 19.3 Å². The van der Waals surface area contributed by atoms with E-state index in [4.69, 9.17) is 5.73 Å². The lowest BCUT2D eigenvalue weighted by Crippen LogP contribution is -2.36. The van der Waals surface area contributed by atoms with Gasteiger partial charge in [0, 0.05) is 17.1 Å². The van der Waals surface area contributed by atoms with Crippen LogP contribution >= 0.6 is 0 Å². The molecule has 1 aromatic rings. The molecule has 0 saturated carbocycles. The van der Waals surface area contributed by atoms with Crippen LogP contribution in [-0.2, 0) is 15.6 Å². The van der Waals surface area contributed by atoms with E-state index in [2.05, 4.69) is 12.2 Å². The Balaban J connectivity index is 2.54. The minimum absolute atomic E-state index is 0.170. The summed E-state index contributed by atoms with van der Waals surface area (Å²) < 4.78 is 12.2. The van der Waals surface area contributed by atoms with Crippen LogP contribution in [0.1, 0.15) is 33.1 Å². The summed E-state index contributed by atoms with van der Waals surface area (Å²) in [5.41, 5.74) is 6.21. The Labute approximate surface area is 117 Å². The summed E-state index contributed by atoms with van der Waals surface area (Å²) in [6.45, 7) is 4.43. The Morgan fingerprint density at radius 2 is 2.16 bits per heavy atom. The standard InChI is InChI=1S/C14H22N2O2S/c1-3-4-5-9-16-14(17)11(2)19(18)13-8-6-7-12(15)10-13/h6-8,10-11H,3-5,9,15H2,1-2H3,(H,16,17). The summed E-state index contributed by atoms with van der Waals surface area (Å²) in [5.74, 6) is -0.170. The molecule has 19 heavy (non-hydrogen) atoms. The van der Waals surface area contributed by atoms with Gasteiger partial charge in [-0.05, 0) is 31.5 Å². The van der Waals surface area contributed by atoms with Crippen molar-refractivity contribution in [2.45, 2.75) is 43.3 Å². The molecular formula is C14H22N2O2S. The Morgan fingerprint density at radius 1 is 1.42 bits per heavy atom. The van der Waals surface area contributed by atoms with E-state index in [0.29, 0.717) is 17.1 Å². The fourth-order valence-electron chi connectivity index (χ4n) is 1.67. The van der Waals surface area contributed by atoms with Gasteiger partial charge in [0.1, 0.15) is 5.25 Å². The van der Waals surface area contributed by atoms with E-state index in [1.165, 1.54) is 0 Å². The van der Waals surface area contributed by atoms with Crippen LogP contribution in [0.25, 0.3) is 0 Å². The van der Waals surface area contributed by atoms with Gasteiger partial charge in [-0.15, -0.1) is 0 Å². The normalized spacial score (nSPS) is 13.8. The van der Waals surface area contributed by atoms with Crippen LogP contribution in [0.3, 0.4) is 0 Å². The summed E-state index contributed by atoms with van der Waals surface area (Å²) >= 11 is 0. The largest absolute Gasteiger partial charge is 0.399 e. The van der Waals surface area contributed by atoms with Crippen molar-refractivity contribution >= 4 is 22.4 Å². The highest BCUT2D eigenvalue weighted by molar-refractivity contribution is 7.86. The third-order valence-electron chi connectivity index (χ3n) is 2.86. The summed E-state index contributed by atoms with van der Waals surface area (Å²) in [6, 6.07) is 6.86. The van der Waals surface area contributed by atoms with Gasteiger partial charge in [0.15, 0.2) is 0 Å². The van der Waals surface area contributed by atoms with Crippen LogP contribution in [0.5, 0.6) is 0 Å². The number of hydrogen-bond donors (Lipinski definition) is 2. The number of nitrogens with one attached hydrogen (secondary N) is 1. The highest BCUT2D eigenvalue weighted by atomic mass is 32.2. The number of rotatable bonds is 7. The number of benzene rings is 1. The van der Waals surface area contributed by atoms with Crippen molar-refractivity contribution < 1.29 is 9.00 Å². The average Bonchev–Trinajstić information content (AvgIpc) is 2.41. The van der Waals surface area contributed by atoms with E-state index in [1.54, 1.807) is 31.2 Å². The van der Waals surface area contributed by atoms with Crippen LogP contribution < -0.4 is 11.1 Å². The first kappa shape index (κ1) is 15.7. The van der Waals surface area contributed by atoms with Gasteiger partial charge in [-0.1, -0.05) is 25.8 Å². The summed E-state index contributed by atoms with van der Waals surface area (Å²) in [6.07, 6.45) is 3.16. The molecule has 0 bridgehead atoms. The number of nitrogens with two attached hydrogens (primary N) is 1. The van der Waals surface area contributed by atoms with E-state index in [1.807, 2.05) is 0 Å². The molecule has 0 aliphatic rings. The number of hydrogen-bond acceptors (Lipinski definition) is 3. The van der Waals surface area contributed by atoms with Crippen LogP contribution in [0.4, 0.5) is 5.69 Å². The SMILES string of the molecule is CCCCCNC(=O)C(C)S(=O)c1cccc(N)c1. The molecule has 1 amide bonds. The lowest BCUT2D eigenvalue weighted by atomic mass is 10.2. The molecular weight excluding hydrogens is 260 g/mol. The average molecular weight is 282 g/mol. The molecule has 0 aromatic heterocycles. The number of carbonyl (C=O) groups is 1. The zero-order valence-electron chi connectivity index (χ0n) is 11.5. The van der Waals surface area contributed by atoms with Gasteiger partial charge in [-0.2, -0.15) is 0 Å². The number of amides is 1. The van der Waals surface area contributed by atoms with Gasteiger partial charge in [0.2, 0.25) is 5.91 Å². The van der Waals surface area contributed by atoms with Crippen LogP contribution in [0, 0.1) is 0 Å². The number of carbonyl (C=O) groups excluding carboxylic acids is 1. The zero-order valence-corrected chi connectivity index (χ0v) is 12.3. The molecule has 5 heteroatoms. The summed E-state index contributed by atoms with van der Waals surface area (Å²) in [4.78, 5) is 12.5. The van der Waals surface area contributed by atoms with Gasteiger partial charge < -0.3 is 11.1 Å². The van der Waals surface area contributed by atoms with Crippen molar-refractivity contribution in [3.8, 4) is 0 Å². The molecule has 106 valence electrons. The van der Waals surface area contributed by atoms with Gasteiger partial charge in [-0.3, -0.25) is 9.00 Å². The molecule has 4 nitrogen and oxygen atoms in total. The molecule has 1 aromatic carbocycles. The first-order chi connectivity index (χ1) is 9.06. The summed E-state index contributed by atoms with van der Waals surface area (Å²) in [5, 5.41) is 2.25. The van der Waals surface area contributed by atoms with Gasteiger partial charge in [-0.25, -0.2) is 0 Å².